The van der Waals surface area contributed by atoms with Crippen LogP contribution in [0.25, 0.3) is 0 Å². The normalized spacial score (nSPS) is 24.2. The lowest BCUT2D eigenvalue weighted by Crippen LogP contribution is -2.32. The molecule has 0 aromatic carbocycles. The van der Waals surface area contributed by atoms with E-state index in [4.69, 9.17) is 0 Å². The molecule has 1 amide bonds. The summed E-state index contributed by atoms with van der Waals surface area (Å²) >= 11 is 0. The first kappa shape index (κ1) is 8.78. The van der Waals surface area contributed by atoms with Crippen LogP contribution in [0.3, 0.4) is 0 Å². The molecule has 0 saturated carbocycles. The fourth-order valence-electron chi connectivity index (χ4n) is 1.32. The first-order valence-electron chi connectivity index (χ1n) is 4.06. The van der Waals surface area contributed by atoms with E-state index >= 15 is 0 Å². The number of allylic oxidation sites excluding steroid dienone is 3. The molecular weight excluding hydrogens is 150 g/mol. The van der Waals surface area contributed by atoms with Crippen molar-refractivity contribution in [3.8, 4) is 0 Å². The smallest absolute Gasteiger partial charge is 0.251 e. The fourth-order valence-corrected chi connectivity index (χ4v) is 1.32. The van der Waals surface area contributed by atoms with Crippen molar-refractivity contribution < 1.29 is 4.79 Å². The minimum Gasteiger partial charge on any atom is -0.352 e. The number of amides is 1. The third-order valence-electron chi connectivity index (χ3n) is 1.88. The van der Waals surface area contributed by atoms with E-state index in [9.17, 15) is 4.79 Å². The van der Waals surface area contributed by atoms with Gasteiger partial charge in [0.05, 0.1) is 0 Å². The number of hydrogen-bond donors (Lipinski definition) is 1. The van der Waals surface area contributed by atoms with Gasteiger partial charge >= 0.3 is 0 Å². The van der Waals surface area contributed by atoms with Crippen LogP contribution in [0, 0.1) is 0 Å². The van der Waals surface area contributed by atoms with Crippen molar-refractivity contribution >= 4 is 5.91 Å². The van der Waals surface area contributed by atoms with Gasteiger partial charge < -0.3 is 5.32 Å². The Kier molecular flexibility index (Phi) is 2.86. The maximum atomic E-state index is 11.3. The van der Waals surface area contributed by atoms with Gasteiger partial charge in [0.2, 0.25) is 0 Å². The zero-order valence-corrected chi connectivity index (χ0v) is 7.26. The second-order valence-electron chi connectivity index (χ2n) is 2.64. The Bertz CT molecular complexity index is 261. The van der Waals surface area contributed by atoms with E-state index in [1.165, 1.54) is 0 Å². The second-order valence-corrected chi connectivity index (χ2v) is 2.64. The van der Waals surface area contributed by atoms with Gasteiger partial charge in [0.25, 0.3) is 5.91 Å². The number of rotatable bonds is 1. The molecule has 2 nitrogen and oxygen atoms in total. The van der Waals surface area contributed by atoms with Gasteiger partial charge in [-0.05, 0) is 18.9 Å². The number of hydrogen-bond acceptors (Lipinski definition) is 1. The quantitative estimate of drug-likeness (QED) is 0.584. The SMILES string of the molecule is C=C/C=C1/CCNC(=O)/C1=C/C. The van der Waals surface area contributed by atoms with Crippen LogP contribution in [0.1, 0.15) is 13.3 Å². The van der Waals surface area contributed by atoms with Gasteiger partial charge in [0.1, 0.15) is 0 Å². The highest BCUT2D eigenvalue weighted by atomic mass is 16.1. The van der Waals surface area contributed by atoms with Crippen LogP contribution in [0.4, 0.5) is 0 Å². The van der Waals surface area contributed by atoms with Crippen molar-refractivity contribution in [2.45, 2.75) is 13.3 Å². The zero-order chi connectivity index (χ0) is 8.97. The minimum atomic E-state index is 0.0249. The molecule has 0 radical (unpaired) electrons. The molecule has 0 bridgehead atoms. The van der Waals surface area contributed by atoms with Crippen molar-refractivity contribution in [1.29, 1.82) is 0 Å². The number of piperidine rings is 1. The summed E-state index contributed by atoms with van der Waals surface area (Å²) in [5.41, 5.74) is 1.86. The molecule has 64 valence electrons. The number of nitrogens with one attached hydrogen (secondary N) is 1. The maximum absolute atomic E-state index is 11.3. The van der Waals surface area contributed by atoms with Crippen LogP contribution in [0.15, 0.2) is 36.0 Å². The summed E-state index contributed by atoms with van der Waals surface area (Å²) in [6, 6.07) is 0. The van der Waals surface area contributed by atoms with E-state index in [1.54, 1.807) is 6.08 Å². The monoisotopic (exact) mass is 163 g/mol. The highest BCUT2D eigenvalue weighted by molar-refractivity contribution is 5.98. The fraction of sp³-hybridized carbons (Fsp3) is 0.300. The number of carbonyl (C=O) groups is 1. The van der Waals surface area contributed by atoms with Crippen LogP contribution in [0.2, 0.25) is 0 Å². The third-order valence-corrected chi connectivity index (χ3v) is 1.88. The first-order valence-corrected chi connectivity index (χ1v) is 4.06. The summed E-state index contributed by atoms with van der Waals surface area (Å²) in [5.74, 6) is 0.0249. The molecule has 0 aromatic heterocycles. The molecule has 1 saturated heterocycles. The standard InChI is InChI=1S/C10H13NO/c1-3-5-8-6-7-11-10(12)9(8)4-2/h3-5H,1,6-7H2,2H3,(H,11,12)/b8-5-,9-4+. The molecule has 1 fully saturated rings. The van der Waals surface area contributed by atoms with Crippen molar-refractivity contribution in [2.24, 2.45) is 0 Å². The predicted octanol–water partition coefficient (Wildman–Crippen LogP) is 1.56. The van der Waals surface area contributed by atoms with Gasteiger partial charge in [-0.3, -0.25) is 4.79 Å². The average molecular weight is 163 g/mol. The highest BCUT2D eigenvalue weighted by Crippen LogP contribution is 2.17. The molecule has 1 rings (SSSR count). The van der Waals surface area contributed by atoms with Gasteiger partial charge in [0.15, 0.2) is 0 Å². The first-order chi connectivity index (χ1) is 5.79. The Labute approximate surface area is 72.7 Å². The molecule has 2 heteroatoms. The molecule has 1 heterocycles. The summed E-state index contributed by atoms with van der Waals surface area (Å²) in [5, 5.41) is 2.79. The Hall–Kier alpha value is -1.31. The van der Waals surface area contributed by atoms with Crippen LogP contribution in [-0.4, -0.2) is 12.5 Å². The summed E-state index contributed by atoms with van der Waals surface area (Å²) in [6.07, 6.45) is 6.35. The molecule has 0 unspecified atom stereocenters. The van der Waals surface area contributed by atoms with Crippen molar-refractivity contribution in [3.05, 3.63) is 36.0 Å². The topological polar surface area (TPSA) is 29.1 Å². The Morgan fingerprint density at radius 3 is 2.92 bits per heavy atom. The van der Waals surface area contributed by atoms with Gasteiger partial charge in [-0.25, -0.2) is 0 Å². The summed E-state index contributed by atoms with van der Waals surface area (Å²) in [6.45, 7) is 6.22. The predicted molar refractivity (Wildman–Crippen MR) is 49.7 cm³/mol. The van der Waals surface area contributed by atoms with E-state index in [0.717, 1.165) is 24.1 Å². The molecule has 0 aromatic rings. The summed E-state index contributed by atoms with van der Waals surface area (Å²) in [4.78, 5) is 11.3. The third kappa shape index (κ3) is 1.64. The Balaban J connectivity index is 2.93. The van der Waals surface area contributed by atoms with Crippen LogP contribution in [0.5, 0.6) is 0 Å². The van der Waals surface area contributed by atoms with Crippen molar-refractivity contribution in [1.82, 2.24) is 5.32 Å². The van der Waals surface area contributed by atoms with Crippen LogP contribution >= 0.6 is 0 Å². The van der Waals surface area contributed by atoms with E-state index in [2.05, 4.69) is 11.9 Å². The molecule has 0 spiro atoms. The van der Waals surface area contributed by atoms with Gasteiger partial charge in [-0.15, -0.1) is 0 Å². The lowest BCUT2D eigenvalue weighted by molar-refractivity contribution is -0.117. The molecule has 0 aliphatic carbocycles. The zero-order valence-electron chi connectivity index (χ0n) is 7.26. The van der Waals surface area contributed by atoms with Gasteiger partial charge in [-0.2, -0.15) is 0 Å². The Morgan fingerprint density at radius 1 is 1.58 bits per heavy atom. The van der Waals surface area contributed by atoms with Crippen molar-refractivity contribution in [3.63, 3.8) is 0 Å². The van der Waals surface area contributed by atoms with Gasteiger partial charge in [0, 0.05) is 12.1 Å². The van der Waals surface area contributed by atoms with E-state index in [1.807, 2.05) is 19.1 Å². The molecule has 1 aliphatic heterocycles. The van der Waals surface area contributed by atoms with E-state index in [0.29, 0.717) is 0 Å². The average Bonchev–Trinajstić information content (AvgIpc) is 2.05. The molecule has 12 heavy (non-hydrogen) atoms. The molecule has 1 aliphatic rings. The lowest BCUT2D eigenvalue weighted by atomic mass is 9.98. The largest absolute Gasteiger partial charge is 0.352 e. The molecule has 1 N–H and O–H groups in total. The minimum absolute atomic E-state index is 0.0249. The van der Waals surface area contributed by atoms with Gasteiger partial charge in [-0.1, -0.05) is 24.8 Å². The second kappa shape index (κ2) is 3.90. The van der Waals surface area contributed by atoms with E-state index < -0.39 is 0 Å². The lowest BCUT2D eigenvalue weighted by Gasteiger charge is -2.17. The maximum Gasteiger partial charge on any atom is 0.251 e. The van der Waals surface area contributed by atoms with Crippen LogP contribution < -0.4 is 5.32 Å². The summed E-state index contributed by atoms with van der Waals surface area (Å²) < 4.78 is 0. The summed E-state index contributed by atoms with van der Waals surface area (Å²) in [7, 11) is 0. The molecular formula is C10H13NO. The van der Waals surface area contributed by atoms with Crippen LogP contribution in [-0.2, 0) is 4.79 Å². The highest BCUT2D eigenvalue weighted by Gasteiger charge is 2.17. The number of carbonyl (C=O) groups excluding carboxylic acids is 1. The molecule has 0 atom stereocenters. The van der Waals surface area contributed by atoms with Crippen molar-refractivity contribution in [2.75, 3.05) is 6.54 Å². The van der Waals surface area contributed by atoms with E-state index in [-0.39, 0.29) is 5.91 Å². The Morgan fingerprint density at radius 2 is 2.33 bits per heavy atom.